The van der Waals surface area contributed by atoms with E-state index in [0.717, 1.165) is 62.2 Å². The second kappa shape index (κ2) is 8.58. The summed E-state index contributed by atoms with van der Waals surface area (Å²) in [5, 5.41) is 8.08. The van der Waals surface area contributed by atoms with Crippen LogP contribution in [0.1, 0.15) is 43.5 Å². The molecule has 32 heavy (non-hydrogen) atoms. The lowest BCUT2D eigenvalue weighted by Crippen LogP contribution is -2.38. The first kappa shape index (κ1) is 21.0. The van der Waals surface area contributed by atoms with E-state index in [2.05, 4.69) is 47.4 Å². The smallest absolute Gasteiger partial charge is 0.226 e. The fourth-order valence-corrected chi connectivity index (χ4v) is 4.93. The Morgan fingerprint density at radius 3 is 2.81 bits per heavy atom. The Morgan fingerprint density at radius 2 is 1.97 bits per heavy atom. The zero-order valence-corrected chi connectivity index (χ0v) is 18.9. The molecule has 0 aliphatic carbocycles. The zero-order chi connectivity index (χ0) is 22.1. The van der Waals surface area contributed by atoms with Crippen molar-refractivity contribution in [2.24, 2.45) is 5.92 Å². The summed E-state index contributed by atoms with van der Waals surface area (Å²) in [5.74, 6) is 1.61. The van der Waals surface area contributed by atoms with Gasteiger partial charge in [0, 0.05) is 30.5 Å². The van der Waals surface area contributed by atoms with Gasteiger partial charge in [-0.2, -0.15) is 0 Å². The summed E-state index contributed by atoms with van der Waals surface area (Å²) < 4.78 is 11.5. The number of fused-ring (bicyclic) bond motifs is 2. The highest BCUT2D eigenvalue weighted by Crippen LogP contribution is 2.38. The Morgan fingerprint density at radius 1 is 1.16 bits per heavy atom. The fourth-order valence-electron chi connectivity index (χ4n) is 4.93. The van der Waals surface area contributed by atoms with E-state index in [1.165, 1.54) is 11.1 Å². The van der Waals surface area contributed by atoms with Gasteiger partial charge >= 0.3 is 0 Å². The van der Waals surface area contributed by atoms with E-state index in [1.807, 2.05) is 24.3 Å². The van der Waals surface area contributed by atoms with E-state index in [1.54, 1.807) is 0 Å². The van der Waals surface area contributed by atoms with Crippen molar-refractivity contribution in [3.8, 4) is 5.75 Å². The maximum atomic E-state index is 12.4. The van der Waals surface area contributed by atoms with Crippen LogP contribution in [-0.2, 0) is 24.2 Å². The third-order valence-electron chi connectivity index (χ3n) is 6.64. The van der Waals surface area contributed by atoms with Gasteiger partial charge in [-0.05, 0) is 63.4 Å². The van der Waals surface area contributed by atoms with Gasteiger partial charge in [-0.1, -0.05) is 35.5 Å². The van der Waals surface area contributed by atoms with E-state index in [9.17, 15) is 4.79 Å². The molecule has 0 radical (unpaired) electrons. The third-order valence-corrected chi connectivity index (χ3v) is 6.64. The second-order valence-electron chi connectivity index (χ2n) is 9.77. The van der Waals surface area contributed by atoms with Crippen molar-refractivity contribution in [2.75, 3.05) is 19.6 Å². The molecule has 0 unspecified atom stereocenters. The highest BCUT2D eigenvalue weighted by molar-refractivity contribution is 5.86. The molecule has 0 spiro atoms. The van der Waals surface area contributed by atoms with Crippen LogP contribution in [0.4, 0.5) is 0 Å². The van der Waals surface area contributed by atoms with Crippen molar-refractivity contribution in [1.29, 1.82) is 0 Å². The maximum Gasteiger partial charge on any atom is 0.226 e. The Kier molecular flexibility index (Phi) is 5.64. The fraction of sp³-hybridized carbons (Fsp3) is 0.462. The van der Waals surface area contributed by atoms with Gasteiger partial charge in [-0.3, -0.25) is 9.69 Å². The molecule has 6 heteroatoms. The van der Waals surface area contributed by atoms with Crippen LogP contribution in [0, 0.1) is 5.92 Å². The average Bonchev–Trinajstić information content (AvgIpc) is 3.33. The minimum Gasteiger partial charge on any atom is -0.487 e. The molecule has 1 N–H and O–H groups in total. The van der Waals surface area contributed by atoms with Gasteiger partial charge in [0.2, 0.25) is 5.91 Å². The van der Waals surface area contributed by atoms with Crippen molar-refractivity contribution in [2.45, 2.75) is 51.7 Å². The van der Waals surface area contributed by atoms with Gasteiger partial charge in [-0.15, -0.1) is 0 Å². The number of carbonyl (C=O) groups is 1. The van der Waals surface area contributed by atoms with E-state index in [-0.39, 0.29) is 17.9 Å². The summed E-state index contributed by atoms with van der Waals surface area (Å²) in [6, 6.07) is 14.2. The lowest BCUT2D eigenvalue weighted by atomic mass is 9.96. The number of ether oxygens (including phenoxy) is 1. The standard InChI is InChI=1S/C26H31N3O3/c1-26(2)15-19-6-5-7-20(25(19)31-26)17-29-12-10-18(11-13-29)16-27-24(30)14-22-21-8-3-4-9-23(21)32-28-22/h3-9,18H,10-17H2,1-2H3,(H,27,30). The molecule has 1 amide bonds. The van der Waals surface area contributed by atoms with E-state index in [4.69, 9.17) is 9.26 Å². The summed E-state index contributed by atoms with van der Waals surface area (Å²) in [6.45, 7) is 8.05. The number of rotatable bonds is 6. The van der Waals surface area contributed by atoms with Gasteiger partial charge in [0.25, 0.3) is 0 Å². The number of hydrogen-bond acceptors (Lipinski definition) is 5. The number of para-hydroxylation sites is 2. The van der Waals surface area contributed by atoms with Crippen LogP contribution in [0.15, 0.2) is 47.0 Å². The molecule has 1 fully saturated rings. The van der Waals surface area contributed by atoms with Crippen molar-refractivity contribution >= 4 is 16.9 Å². The quantitative estimate of drug-likeness (QED) is 0.634. The SMILES string of the molecule is CC1(C)Cc2cccc(CN3CCC(CNC(=O)Cc4noc5ccccc45)CC3)c2O1. The molecule has 0 saturated carbocycles. The minimum absolute atomic E-state index is 0.00564. The minimum atomic E-state index is -0.109. The predicted octanol–water partition coefficient (Wildman–Crippen LogP) is 4.11. The van der Waals surface area contributed by atoms with Crippen LogP contribution >= 0.6 is 0 Å². The Bertz CT molecular complexity index is 1110. The first-order valence-corrected chi connectivity index (χ1v) is 11.6. The molecule has 5 rings (SSSR count). The van der Waals surface area contributed by atoms with Crippen LogP contribution in [0.3, 0.4) is 0 Å². The van der Waals surface area contributed by atoms with Gasteiger partial charge < -0.3 is 14.6 Å². The highest BCUT2D eigenvalue weighted by atomic mass is 16.5. The molecule has 6 nitrogen and oxygen atoms in total. The van der Waals surface area contributed by atoms with Gasteiger partial charge in [0.1, 0.15) is 17.0 Å². The van der Waals surface area contributed by atoms with Crippen molar-refractivity contribution < 1.29 is 14.1 Å². The summed E-state index contributed by atoms with van der Waals surface area (Å²) in [4.78, 5) is 15.0. The predicted molar refractivity (Wildman–Crippen MR) is 124 cm³/mol. The van der Waals surface area contributed by atoms with Gasteiger partial charge in [0.05, 0.1) is 6.42 Å². The topological polar surface area (TPSA) is 67.6 Å². The van der Waals surface area contributed by atoms with Crippen molar-refractivity contribution in [3.63, 3.8) is 0 Å². The number of amides is 1. The molecule has 0 bridgehead atoms. The molecule has 3 aromatic rings. The normalized spacial score (nSPS) is 18.4. The van der Waals surface area contributed by atoms with Crippen molar-refractivity contribution in [1.82, 2.24) is 15.4 Å². The first-order chi connectivity index (χ1) is 15.5. The molecule has 1 aromatic heterocycles. The molecule has 2 aliphatic rings. The molecule has 3 heterocycles. The summed E-state index contributed by atoms with van der Waals surface area (Å²) >= 11 is 0. The third kappa shape index (κ3) is 4.51. The van der Waals surface area contributed by atoms with Crippen LogP contribution in [0.5, 0.6) is 5.75 Å². The number of benzene rings is 2. The molecular weight excluding hydrogens is 402 g/mol. The lowest BCUT2D eigenvalue weighted by molar-refractivity contribution is -0.120. The summed E-state index contributed by atoms with van der Waals surface area (Å²) in [6.07, 6.45) is 3.41. The number of nitrogens with zero attached hydrogens (tertiary/aromatic N) is 2. The number of carbonyl (C=O) groups excluding carboxylic acids is 1. The number of aromatic nitrogens is 1. The molecule has 0 atom stereocenters. The summed E-state index contributed by atoms with van der Waals surface area (Å²) in [5.41, 5.74) is 3.93. The molecular formula is C26H31N3O3. The average molecular weight is 434 g/mol. The Balaban J connectivity index is 1.09. The number of nitrogens with one attached hydrogen (secondary N) is 1. The second-order valence-corrected chi connectivity index (χ2v) is 9.77. The number of hydrogen-bond donors (Lipinski definition) is 1. The monoisotopic (exact) mass is 433 g/mol. The highest BCUT2D eigenvalue weighted by Gasteiger charge is 2.32. The Labute approximate surface area is 188 Å². The number of piperidine rings is 1. The van der Waals surface area contributed by atoms with E-state index < -0.39 is 0 Å². The first-order valence-electron chi connectivity index (χ1n) is 11.6. The largest absolute Gasteiger partial charge is 0.487 e. The van der Waals surface area contributed by atoms with Crippen LogP contribution in [0.25, 0.3) is 11.0 Å². The maximum absolute atomic E-state index is 12.4. The van der Waals surface area contributed by atoms with Crippen LogP contribution < -0.4 is 10.1 Å². The van der Waals surface area contributed by atoms with Crippen LogP contribution in [0.2, 0.25) is 0 Å². The zero-order valence-electron chi connectivity index (χ0n) is 18.9. The Hall–Kier alpha value is -2.86. The number of likely N-dealkylation sites (tertiary alicyclic amines) is 1. The van der Waals surface area contributed by atoms with Gasteiger partial charge in [0.15, 0.2) is 5.58 Å². The van der Waals surface area contributed by atoms with Gasteiger partial charge in [-0.25, -0.2) is 0 Å². The van der Waals surface area contributed by atoms with Crippen molar-refractivity contribution in [3.05, 3.63) is 59.3 Å². The summed E-state index contributed by atoms with van der Waals surface area (Å²) in [7, 11) is 0. The molecule has 1 saturated heterocycles. The van der Waals surface area contributed by atoms with Crippen LogP contribution in [-0.4, -0.2) is 41.2 Å². The van der Waals surface area contributed by atoms with E-state index >= 15 is 0 Å². The molecule has 2 aromatic carbocycles. The lowest BCUT2D eigenvalue weighted by Gasteiger charge is -2.32. The van der Waals surface area contributed by atoms with E-state index in [0.29, 0.717) is 11.6 Å². The molecule has 168 valence electrons. The molecule has 2 aliphatic heterocycles.